The lowest BCUT2D eigenvalue weighted by Crippen LogP contribution is -2.35. The lowest BCUT2D eigenvalue weighted by Gasteiger charge is -2.24. The lowest BCUT2D eigenvalue weighted by molar-refractivity contribution is 0.0767. The first-order valence-electron chi connectivity index (χ1n) is 12.5. The molecule has 1 saturated carbocycles. The molecule has 0 unspecified atom stereocenters. The maximum atomic E-state index is 13.1. The second kappa shape index (κ2) is 8.80. The molecule has 0 spiro atoms. The van der Waals surface area contributed by atoms with Crippen LogP contribution in [0.1, 0.15) is 52.6 Å². The van der Waals surface area contributed by atoms with E-state index in [0.29, 0.717) is 12.5 Å². The highest BCUT2D eigenvalue weighted by molar-refractivity contribution is 5.94. The number of benzene rings is 2. The van der Waals surface area contributed by atoms with Crippen LogP contribution in [0, 0.1) is 13.8 Å². The molecule has 1 saturated heterocycles. The summed E-state index contributed by atoms with van der Waals surface area (Å²) < 4.78 is 1.96. The van der Waals surface area contributed by atoms with Gasteiger partial charge < -0.3 is 9.80 Å². The van der Waals surface area contributed by atoms with Crippen LogP contribution in [0.5, 0.6) is 0 Å². The first-order valence-corrected chi connectivity index (χ1v) is 12.5. The van der Waals surface area contributed by atoms with Gasteiger partial charge in [-0.15, -0.1) is 0 Å². The van der Waals surface area contributed by atoms with Crippen LogP contribution in [-0.2, 0) is 0 Å². The van der Waals surface area contributed by atoms with Gasteiger partial charge in [-0.3, -0.25) is 4.79 Å². The molecule has 3 heterocycles. The number of carbonyl (C=O) groups is 1. The summed E-state index contributed by atoms with van der Waals surface area (Å²) >= 11 is 0. The van der Waals surface area contributed by atoms with Crippen molar-refractivity contribution in [2.75, 3.05) is 31.1 Å². The molecule has 4 aromatic rings. The van der Waals surface area contributed by atoms with Crippen LogP contribution in [0.3, 0.4) is 0 Å². The van der Waals surface area contributed by atoms with E-state index in [1.54, 1.807) is 0 Å². The molecule has 1 aliphatic carbocycles. The Kier molecular flexibility index (Phi) is 5.47. The van der Waals surface area contributed by atoms with Gasteiger partial charge in [0.25, 0.3) is 5.91 Å². The van der Waals surface area contributed by atoms with Gasteiger partial charge in [-0.2, -0.15) is 5.10 Å². The molecule has 0 N–H and O–H groups in total. The second-order valence-electron chi connectivity index (χ2n) is 9.71. The van der Waals surface area contributed by atoms with Crippen LogP contribution in [0.2, 0.25) is 0 Å². The quantitative estimate of drug-likeness (QED) is 0.438. The summed E-state index contributed by atoms with van der Waals surface area (Å²) in [5.74, 6) is 2.41. The number of rotatable bonds is 4. The van der Waals surface area contributed by atoms with E-state index in [0.717, 1.165) is 78.5 Å². The van der Waals surface area contributed by atoms with Crippen LogP contribution in [-0.4, -0.2) is 56.7 Å². The minimum Gasteiger partial charge on any atom is -0.354 e. The summed E-state index contributed by atoms with van der Waals surface area (Å²) in [5.41, 5.74) is 4.78. The molecule has 178 valence electrons. The number of aryl methyl sites for hydroxylation is 2. The molecule has 0 bridgehead atoms. The van der Waals surface area contributed by atoms with E-state index in [9.17, 15) is 4.79 Å². The summed E-state index contributed by atoms with van der Waals surface area (Å²) in [5, 5.41) is 5.91. The maximum absolute atomic E-state index is 13.1. The van der Waals surface area contributed by atoms with Gasteiger partial charge in [-0.25, -0.2) is 14.6 Å². The van der Waals surface area contributed by atoms with Gasteiger partial charge in [-0.1, -0.05) is 35.9 Å². The van der Waals surface area contributed by atoms with Crippen molar-refractivity contribution in [1.29, 1.82) is 0 Å². The topological polar surface area (TPSA) is 67.2 Å². The molecule has 7 heteroatoms. The van der Waals surface area contributed by atoms with Crippen molar-refractivity contribution in [2.45, 2.75) is 39.0 Å². The van der Waals surface area contributed by atoms with E-state index in [-0.39, 0.29) is 5.91 Å². The predicted octanol–water partition coefficient (Wildman–Crippen LogP) is 4.66. The Balaban J connectivity index is 1.36. The van der Waals surface area contributed by atoms with Crippen LogP contribution in [0.25, 0.3) is 16.7 Å². The smallest absolute Gasteiger partial charge is 0.253 e. The number of fused-ring (bicyclic) bond motifs is 1. The Bertz CT molecular complexity index is 1370. The van der Waals surface area contributed by atoms with Gasteiger partial charge in [0.05, 0.1) is 16.8 Å². The highest BCUT2D eigenvalue weighted by Gasteiger charge is 2.31. The number of anilines is 1. The Morgan fingerprint density at radius 1 is 0.886 bits per heavy atom. The largest absolute Gasteiger partial charge is 0.354 e. The third-order valence-corrected chi connectivity index (χ3v) is 7.02. The first-order chi connectivity index (χ1) is 17.1. The number of aromatic nitrogens is 4. The number of carbonyl (C=O) groups excluding carboxylic acids is 1. The van der Waals surface area contributed by atoms with Crippen LogP contribution in [0.4, 0.5) is 5.82 Å². The van der Waals surface area contributed by atoms with Gasteiger partial charge in [0.1, 0.15) is 11.6 Å². The van der Waals surface area contributed by atoms with Gasteiger partial charge in [0.2, 0.25) is 0 Å². The zero-order chi connectivity index (χ0) is 23.9. The summed E-state index contributed by atoms with van der Waals surface area (Å²) in [6.07, 6.45) is 3.18. The standard InChI is InChI=1S/C28H30N6O/c1-19-9-13-23(14-10-19)34-27-24(20(2)31-34)26(29-25(30-27)21-11-12-21)32-15-6-16-33(18-17-32)28(35)22-7-4-3-5-8-22/h3-5,7-10,13-14,21H,6,11-12,15-18H2,1-2H3. The summed E-state index contributed by atoms with van der Waals surface area (Å²) in [4.78, 5) is 27.5. The fourth-order valence-corrected chi connectivity index (χ4v) is 4.89. The molecule has 6 rings (SSSR count). The second-order valence-corrected chi connectivity index (χ2v) is 9.71. The van der Waals surface area contributed by atoms with E-state index < -0.39 is 0 Å². The van der Waals surface area contributed by atoms with E-state index in [1.165, 1.54) is 5.56 Å². The highest BCUT2D eigenvalue weighted by Crippen LogP contribution is 2.40. The van der Waals surface area contributed by atoms with Gasteiger partial charge in [0.15, 0.2) is 5.65 Å². The van der Waals surface area contributed by atoms with Crippen molar-refractivity contribution in [1.82, 2.24) is 24.6 Å². The molecule has 0 radical (unpaired) electrons. The van der Waals surface area contributed by atoms with Crippen molar-refractivity contribution in [3.63, 3.8) is 0 Å². The zero-order valence-electron chi connectivity index (χ0n) is 20.3. The van der Waals surface area contributed by atoms with E-state index in [1.807, 2.05) is 46.8 Å². The van der Waals surface area contributed by atoms with E-state index in [2.05, 4.69) is 36.1 Å². The normalized spacial score (nSPS) is 16.5. The summed E-state index contributed by atoms with van der Waals surface area (Å²) in [6, 6.07) is 18.0. The Morgan fingerprint density at radius 2 is 1.66 bits per heavy atom. The Labute approximate surface area is 205 Å². The SMILES string of the molecule is Cc1ccc(-n2nc(C)c3c(N4CCCN(C(=O)c5ccccc5)CC4)nc(C4CC4)nc32)cc1. The molecule has 1 amide bonds. The highest BCUT2D eigenvalue weighted by atomic mass is 16.2. The Hall–Kier alpha value is -3.74. The predicted molar refractivity (Wildman–Crippen MR) is 137 cm³/mol. The molecule has 2 fully saturated rings. The van der Waals surface area contributed by atoms with Crippen LogP contribution < -0.4 is 4.90 Å². The fraction of sp³-hybridized carbons (Fsp3) is 0.357. The van der Waals surface area contributed by atoms with Crippen molar-refractivity contribution in [2.24, 2.45) is 0 Å². The van der Waals surface area contributed by atoms with E-state index >= 15 is 0 Å². The molecule has 35 heavy (non-hydrogen) atoms. The van der Waals surface area contributed by atoms with Crippen molar-refractivity contribution in [3.05, 3.63) is 77.2 Å². The monoisotopic (exact) mass is 466 g/mol. The third kappa shape index (κ3) is 4.16. The lowest BCUT2D eigenvalue weighted by atomic mass is 10.2. The van der Waals surface area contributed by atoms with Crippen LogP contribution in [0.15, 0.2) is 54.6 Å². The van der Waals surface area contributed by atoms with Gasteiger partial charge in [0, 0.05) is 37.7 Å². The van der Waals surface area contributed by atoms with Crippen LogP contribution >= 0.6 is 0 Å². The fourth-order valence-electron chi connectivity index (χ4n) is 4.89. The van der Waals surface area contributed by atoms with Gasteiger partial charge in [-0.05, 0) is 57.4 Å². The number of amides is 1. The number of hydrogen-bond acceptors (Lipinski definition) is 5. The molecule has 2 aromatic heterocycles. The van der Waals surface area contributed by atoms with Crippen molar-refractivity contribution >= 4 is 22.8 Å². The Morgan fingerprint density at radius 3 is 2.40 bits per heavy atom. The summed E-state index contributed by atoms with van der Waals surface area (Å²) in [6.45, 7) is 7.14. The average Bonchev–Trinajstić information content (AvgIpc) is 3.71. The molecular formula is C28H30N6O. The molecule has 0 atom stereocenters. The minimum absolute atomic E-state index is 0.0994. The molecule has 1 aliphatic heterocycles. The minimum atomic E-state index is 0.0994. The first kappa shape index (κ1) is 21.8. The van der Waals surface area contributed by atoms with Crippen molar-refractivity contribution < 1.29 is 4.79 Å². The number of hydrogen-bond donors (Lipinski definition) is 0. The third-order valence-electron chi connectivity index (χ3n) is 7.02. The average molecular weight is 467 g/mol. The zero-order valence-corrected chi connectivity index (χ0v) is 20.3. The maximum Gasteiger partial charge on any atom is 0.253 e. The molecule has 7 nitrogen and oxygen atoms in total. The molecule has 2 aliphatic rings. The van der Waals surface area contributed by atoms with Gasteiger partial charge >= 0.3 is 0 Å². The molecular weight excluding hydrogens is 436 g/mol. The van der Waals surface area contributed by atoms with E-state index in [4.69, 9.17) is 15.1 Å². The summed E-state index contributed by atoms with van der Waals surface area (Å²) in [7, 11) is 0. The number of nitrogens with zero attached hydrogens (tertiary/aromatic N) is 6. The molecule has 2 aromatic carbocycles. The van der Waals surface area contributed by atoms with Crippen molar-refractivity contribution in [3.8, 4) is 5.69 Å².